The van der Waals surface area contributed by atoms with Gasteiger partial charge >= 0.3 is 0 Å². The van der Waals surface area contributed by atoms with Crippen molar-refractivity contribution in [2.45, 2.75) is 20.8 Å². The average Bonchev–Trinajstić information content (AvgIpc) is 3.05. The summed E-state index contributed by atoms with van der Waals surface area (Å²) in [7, 11) is 0. The summed E-state index contributed by atoms with van der Waals surface area (Å²) in [4.78, 5) is 29.7. The molecule has 2 heterocycles. The highest BCUT2D eigenvalue weighted by atomic mass is 32.1. The van der Waals surface area contributed by atoms with E-state index in [1.807, 2.05) is 55.3 Å². The Labute approximate surface area is 158 Å². The summed E-state index contributed by atoms with van der Waals surface area (Å²) in [5, 5.41) is 4.96. The third kappa shape index (κ3) is 4.14. The van der Waals surface area contributed by atoms with Crippen molar-refractivity contribution in [2.24, 2.45) is 0 Å². The number of benzene rings is 1. The molecule has 1 saturated heterocycles. The van der Waals surface area contributed by atoms with Gasteiger partial charge in [0.15, 0.2) is 0 Å². The topological polar surface area (TPSA) is 52.7 Å². The largest absolute Gasteiger partial charge is 0.335 e. The second kappa shape index (κ2) is 8.01. The molecule has 26 heavy (non-hydrogen) atoms. The van der Waals surface area contributed by atoms with E-state index < -0.39 is 0 Å². The number of nitrogens with one attached hydrogen (secondary N) is 1. The van der Waals surface area contributed by atoms with E-state index in [1.54, 1.807) is 0 Å². The molecule has 2 aromatic rings. The van der Waals surface area contributed by atoms with E-state index >= 15 is 0 Å². The summed E-state index contributed by atoms with van der Waals surface area (Å²) in [6.45, 7) is 9.14. The van der Waals surface area contributed by atoms with Crippen LogP contribution in [0.25, 0.3) is 0 Å². The first-order valence-corrected chi connectivity index (χ1v) is 9.75. The molecule has 0 atom stereocenters. The normalized spacial score (nSPS) is 15.1. The number of rotatable bonds is 4. The van der Waals surface area contributed by atoms with Crippen molar-refractivity contribution < 1.29 is 9.59 Å². The maximum absolute atomic E-state index is 12.6. The molecular weight excluding hydrogens is 346 g/mol. The maximum Gasteiger partial charge on any atom is 0.264 e. The molecule has 1 aromatic heterocycles. The minimum absolute atomic E-state index is 0.00687. The van der Waals surface area contributed by atoms with E-state index in [1.165, 1.54) is 16.9 Å². The molecule has 1 N–H and O–H groups in total. The Morgan fingerprint density at radius 3 is 2.42 bits per heavy atom. The van der Waals surface area contributed by atoms with E-state index in [0.29, 0.717) is 19.6 Å². The van der Waals surface area contributed by atoms with Gasteiger partial charge in [0.2, 0.25) is 5.91 Å². The maximum atomic E-state index is 12.6. The number of anilines is 1. The Morgan fingerprint density at radius 2 is 1.77 bits per heavy atom. The molecule has 0 unspecified atom stereocenters. The van der Waals surface area contributed by atoms with E-state index in [9.17, 15) is 9.59 Å². The standard InChI is InChI=1S/C20H25N3O2S/c1-14-5-4-6-17(16(14)3)21-18(24)13-22-8-10-23(11-9-22)20(25)19-15(2)7-12-26-19/h4-7,12H,8-11,13H2,1-3H3,(H,21,24). The molecule has 0 spiro atoms. The van der Waals surface area contributed by atoms with Crippen molar-refractivity contribution in [2.75, 3.05) is 38.0 Å². The van der Waals surface area contributed by atoms with Crippen molar-refractivity contribution in [3.05, 3.63) is 51.2 Å². The number of hydrogen-bond acceptors (Lipinski definition) is 4. The molecule has 0 radical (unpaired) electrons. The van der Waals surface area contributed by atoms with Crippen molar-refractivity contribution in [3.8, 4) is 0 Å². The Morgan fingerprint density at radius 1 is 1.04 bits per heavy atom. The van der Waals surface area contributed by atoms with Crippen LogP contribution >= 0.6 is 11.3 Å². The van der Waals surface area contributed by atoms with Gasteiger partial charge in [-0.2, -0.15) is 0 Å². The van der Waals surface area contributed by atoms with Crippen LogP contribution in [0.1, 0.15) is 26.4 Å². The first-order chi connectivity index (χ1) is 12.5. The van der Waals surface area contributed by atoms with Crippen molar-refractivity contribution in [3.63, 3.8) is 0 Å². The number of carbonyl (C=O) groups is 2. The highest BCUT2D eigenvalue weighted by molar-refractivity contribution is 7.12. The molecule has 6 heteroatoms. The molecule has 138 valence electrons. The zero-order chi connectivity index (χ0) is 18.7. The van der Waals surface area contributed by atoms with Gasteiger partial charge in [-0.25, -0.2) is 0 Å². The van der Waals surface area contributed by atoms with Crippen molar-refractivity contribution in [1.82, 2.24) is 9.80 Å². The number of piperazine rings is 1. The Bertz CT molecular complexity index is 807. The predicted molar refractivity (Wildman–Crippen MR) is 106 cm³/mol. The van der Waals surface area contributed by atoms with Crippen LogP contribution in [0.2, 0.25) is 0 Å². The van der Waals surface area contributed by atoms with Gasteiger partial charge in [0.25, 0.3) is 5.91 Å². The van der Waals surface area contributed by atoms with Gasteiger partial charge in [-0.05, 0) is 55.0 Å². The third-order valence-corrected chi connectivity index (χ3v) is 5.97. The molecule has 0 bridgehead atoms. The average molecular weight is 372 g/mol. The van der Waals surface area contributed by atoms with E-state index in [0.717, 1.165) is 34.8 Å². The van der Waals surface area contributed by atoms with Crippen molar-refractivity contribution in [1.29, 1.82) is 0 Å². The minimum Gasteiger partial charge on any atom is -0.335 e. The zero-order valence-corrected chi connectivity index (χ0v) is 16.4. The SMILES string of the molecule is Cc1ccsc1C(=O)N1CCN(CC(=O)Nc2cccc(C)c2C)CC1. The van der Waals surface area contributed by atoms with Crippen LogP contribution in [-0.2, 0) is 4.79 Å². The Hall–Kier alpha value is -2.18. The number of carbonyl (C=O) groups excluding carboxylic acids is 2. The molecule has 2 amide bonds. The molecule has 0 saturated carbocycles. The number of aryl methyl sites for hydroxylation is 2. The van der Waals surface area contributed by atoms with E-state index in [2.05, 4.69) is 10.2 Å². The van der Waals surface area contributed by atoms with E-state index in [-0.39, 0.29) is 11.8 Å². The van der Waals surface area contributed by atoms with Crippen molar-refractivity contribution >= 4 is 28.8 Å². The zero-order valence-electron chi connectivity index (χ0n) is 15.5. The highest BCUT2D eigenvalue weighted by Crippen LogP contribution is 2.20. The molecule has 1 aromatic carbocycles. The van der Waals surface area contributed by atoms with Gasteiger partial charge in [0.1, 0.15) is 0 Å². The number of nitrogens with zero attached hydrogens (tertiary/aromatic N) is 2. The molecular formula is C20H25N3O2S. The summed E-state index contributed by atoms with van der Waals surface area (Å²) in [6, 6.07) is 7.90. The quantitative estimate of drug-likeness (QED) is 0.899. The summed E-state index contributed by atoms with van der Waals surface area (Å²) < 4.78 is 0. The second-order valence-corrected chi connectivity index (χ2v) is 7.71. The molecule has 1 aliphatic heterocycles. The summed E-state index contributed by atoms with van der Waals surface area (Å²) >= 11 is 1.50. The molecule has 1 fully saturated rings. The van der Waals surface area contributed by atoms with Gasteiger partial charge in [0, 0.05) is 31.9 Å². The summed E-state index contributed by atoms with van der Waals surface area (Å²) in [6.07, 6.45) is 0. The van der Waals surface area contributed by atoms with Gasteiger partial charge in [-0.15, -0.1) is 11.3 Å². The molecule has 5 nitrogen and oxygen atoms in total. The number of hydrogen-bond donors (Lipinski definition) is 1. The number of amides is 2. The molecule has 3 rings (SSSR count). The molecule has 1 aliphatic rings. The Balaban J connectivity index is 1.51. The van der Waals surface area contributed by atoms with Crippen LogP contribution in [0.3, 0.4) is 0 Å². The van der Waals surface area contributed by atoms with Gasteiger partial charge in [-0.3, -0.25) is 14.5 Å². The van der Waals surface area contributed by atoms with Gasteiger partial charge in [0.05, 0.1) is 11.4 Å². The minimum atomic E-state index is -0.00687. The fourth-order valence-electron chi connectivity index (χ4n) is 3.12. The summed E-state index contributed by atoms with van der Waals surface area (Å²) in [5.74, 6) is 0.101. The smallest absolute Gasteiger partial charge is 0.264 e. The van der Waals surface area contributed by atoms with E-state index in [4.69, 9.17) is 0 Å². The third-order valence-electron chi connectivity index (χ3n) is 4.96. The van der Waals surface area contributed by atoms with Gasteiger partial charge in [-0.1, -0.05) is 12.1 Å². The molecule has 0 aliphatic carbocycles. The Kier molecular flexibility index (Phi) is 5.74. The second-order valence-electron chi connectivity index (χ2n) is 6.80. The first kappa shape index (κ1) is 18.6. The van der Waals surface area contributed by atoms with Gasteiger partial charge < -0.3 is 10.2 Å². The fourth-order valence-corrected chi connectivity index (χ4v) is 4.02. The number of thiophene rings is 1. The lowest BCUT2D eigenvalue weighted by molar-refractivity contribution is -0.117. The fraction of sp³-hybridized carbons (Fsp3) is 0.400. The van der Waals surface area contributed by atoms with Crippen LogP contribution in [0.5, 0.6) is 0 Å². The van der Waals surface area contributed by atoms with Crippen LogP contribution in [0.15, 0.2) is 29.6 Å². The van der Waals surface area contributed by atoms with Crippen LogP contribution in [0, 0.1) is 20.8 Å². The predicted octanol–water partition coefficient (Wildman–Crippen LogP) is 3.07. The summed E-state index contributed by atoms with van der Waals surface area (Å²) in [5.41, 5.74) is 4.17. The lowest BCUT2D eigenvalue weighted by Gasteiger charge is -2.34. The van der Waals surface area contributed by atoms with Crippen LogP contribution in [-0.4, -0.2) is 54.3 Å². The highest BCUT2D eigenvalue weighted by Gasteiger charge is 2.24. The van der Waals surface area contributed by atoms with Crippen LogP contribution in [0.4, 0.5) is 5.69 Å². The first-order valence-electron chi connectivity index (χ1n) is 8.87. The lowest BCUT2D eigenvalue weighted by Crippen LogP contribution is -2.50. The van der Waals surface area contributed by atoms with Crippen LogP contribution < -0.4 is 5.32 Å². The monoisotopic (exact) mass is 371 g/mol. The lowest BCUT2D eigenvalue weighted by atomic mass is 10.1.